The molecule has 1 aromatic heterocycles. The lowest BCUT2D eigenvalue weighted by molar-refractivity contribution is -0.129. The van der Waals surface area contributed by atoms with Crippen molar-refractivity contribution in [3.63, 3.8) is 0 Å². The number of thioether (sulfide) groups is 1. The molecule has 1 atom stereocenters. The molecule has 0 radical (unpaired) electrons. The number of nitrogens with zero attached hydrogens (tertiary/aromatic N) is 1. The molecule has 3 nitrogen and oxygen atoms in total. The molecule has 0 fully saturated rings. The molecule has 3 rings (SSSR count). The summed E-state index contributed by atoms with van der Waals surface area (Å²) in [5, 5.41) is 12.2. The fraction of sp³-hybridized carbons (Fsp3) is 0.353. The summed E-state index contributed by atoms with van der Waals surface area (Å²) < 4.78 is 0. The summed E-state index contributed by atoms with van der Waals surface area (Å²) in [6.07, 6.45) is 0.458. The summed E-state index contributed by atoms with van der Waals surface area (Å²) in [4.78, 5) is 15.6. The number of aliphatic hydroxyl groups is 1. The van der Waals surface area contributed by atoms with Gasteiger partial charge in [-0.25, -0.2) is 0 Å². The number of hydrogen-bond donors (Lipinski definition) is 1. The summed E-state index contributed by atoms with van der Waals surface area (Å²) in [6, 6.07) is 11.7. The molecule has 2 aromatic rings. The summed E-state index contributed by atoms with van der Waals surface area (Å²) in [5.74, 6) is 1.15. The van der Waals surface area contributed by atoms with Crippen LogP contribution in [0.4, 0.5) is 0 Å². The maximum absolute atomic E-state index is 12.3. The molecule has 1 aliphatic heterocycles. The molecule has 22 heavy (non-hydrogen) atoms. The fourth-order valence-corrected chi connectivity index (χ4v) is 4.36. The topological polar surface area (TPSA) is 40.5 Å². The van der Waals surface area contributed by atoms with Crippen molar-refractivity contribution in [3.8, 4) is 0 Å². The fourth-order valence-electron chi connectivity index (χ4n) is 2.58. The van der Waals surface area contributed by atoms with Crippen molar-refractivity contribution in [2.75, 3.05) is 18.1 Å². The number of amides is 1. The van der Waals surface area contributed by atoms with Crippen LogP contribution in [0.25, 0.3) is 0 Å². The van der Waals surface area contributed by atoms with E-state index in [2.05, 4.69) is 11.4 Å². The Morgan fingerprint density at radius 2 is 2.14 bits per heavy atom. The first kappa shape index (κ1) is 15.6. The molecule has 5 heteroatoms. The van der Waals surface area contributed by atoms with Crippen LogP contribution in [-0.2, 0) is 17.8 Å². The molecule has 1 aromatic carbocycles. The highest BCUT2D eigenvalue weighted by Gasteiger charge is 2.21. The molecule has 1 aliphatic rings. The molecule has 1 amide bonds. The van der Waals surface area contributed by atoms with Gasteiger partial charge in [-0.1, -0.05) is 30.3 Å². The van der Waals surface area contributed by atoms with Crippen LogP contribution in [-0.4, -0.2) is 34.0 Å². The van der Waals surface area contributed by atoms with Gasteiger partial charge < -0.3 is 10.0 Å². The second-order valence-electron chi connectivity index (χ2n) is 5.38. The monoisotopic (exact) mass is 333 g/mol. The Hall–Kier alpha value is -1.30. The van der Waals surface area contributed by atoms with Gasteiger partial charge in [0.25, 0.3) is 0 Å². The lowest BCUT2D eigenvalue weighted by Gasteiger charge is -2.27. The zero-order valence-electron chi connectivity index (χ0n) is 12.3. The number of hydrogen-bond acceptors (Lipinski definition) is 4. The van der Waals surface area contributed by atoms with Gasteiger partial charge in [-0.05, 0) is 29.0 Å². The standard InChI is InChI=1S/C17H19NO2S2/c19-15(13-4-2-1-3-5-13)11-21-12-17(20)18-8-6-16-14(10-18)7-9-22-16/h1-5,7,9,15,19H,6,8,10-12H2. The number of fused-ring (bicyclic) bond motifs is 1. The minimum Gasteiger partial charge on any atom is -0.388 e. The van der Waals surface area contributed by atoms with Crippen LogP contribution in [0.1, 0.15) is 22.1 Å². The van der Waals surface area contributed by atoms with E-state index in [0.29, 0.717) is 11.5 Å². The Bertz CT molecular complexity index is 627. The molecule has 1 N–H and O–H groups in total. The van der Waals surface area contributed by atoms with Gasteiger partial charge in [-0.3, -0.25) is 4.79 Å². The summed E-state index contributed by atoms with van der Waals surface area (Å²) in [6.45, 7) is 1.55. The van der Waals surface area contributed by atoms with Crippen LogP contribution < -0.4 is 0 Å². The number of benzene rings is 1. The predicted octanol–water partition coefficient (Wildman–Crippen LogP) is 3.10. The van der Waals surface area contributed by atoms with Crippen molar-refractivity contribution in [2.24, 2.45) is 0 Å². The molecular weight excluding hydrogens is 314 g/mol. The molecular formula is C17H19NO2S2. The Kier molecular flexibility index (Phi) is 5.18. The largest absolute Gasteiger partial charge is 0.388 e. The predicted molar refractivity (Wildman–Crippen MR) is 92.2 cm³/mol. The van der Waals surface area contributed by atoms with Crippen molar-refractivity contribution in [2.45, 2.75) is 19.1 Å². The van der Waals surface area contributed by atoms with Gasteiger partial charge in [0.2, 0.25) is 5.91 Å². The third-order valence-corrected chi connectivity index (χ3v) is 5.87. The third-order valence-electron chi connectivity index (χ3n) is 3.85. The molecule has 116 valence electrons. The van der Waals surface area contributed by atoms with Gasteiger partial charge in [0.15, 0.2) is 0 Å². The van der Waals surface area contributed by atoms with E-state index in [1.54, 1.807) is 11.3 Å². The minimum atomic E-state index is -0.510. The Balaban J connectivity index is 1.45. The first-order valence-corrected chi connectivity index (χ1v) is 9.41. The second-order valence-corrected chi connectivity index (χ2v) is 7.41. The van der Waals surface area contributed by atoms with E-state index in [1.165, 1.54) is 22.2 Å². The van der Waals surface area contributed by atoms with Gasteiger partial charge in [0.1, 0.15) is 0 Å². The molecule has 0 saturated carbocycles. The first-order chi connectivity index (χ1) is 10.7. The van der Waals surface area contributed by atoms with Crippen LogP contribution in [0, 0.1) is 0 Å². The summed E-state index contributed by atoms with van der Waals surface area (Å²) >= 11 is 3.28. The lowest BCUT2D eigenvalue weighted by Crippen LogP contribution is -2.36. The smallest absolute Gasteiger partial charge is 0.232 e. The first-order valence-electron chi connectivity index (χ1n) is 7.38. The highest BCUT2D eigenvalue weighted by molar-refractivity contribution is 7.99. The average molecular weight is 333 g/mol. The van der Waals surface area contributed by atoms with Crippen LogP contribution in [0.3, 0.4) is 0 Å². The minimum absolute atomic E-state index is 0.169. The van der Waals surface area contributed by atoms with Crippen LogP contribution in [0.2, 0.25) is 0 Å². The van der Waals surface area contributed by atoms with E-state index in [1.807, 2.05) is 35.2 Å². The second kappa shape index (κ2) is 7.31. The Morgan fingerprint density at radius 1 is 1.32 bits per heavy atom. The van der Waals surface area contributed by atoms with Crippen LogP contribution in [0.15, 0.2) is 41.8 Å². The quantitative estimate of drug-likeness (QED) is 0.914. The van der Waals surface area contributed by atoms with Gasteiger partial charge >= 0.3 is 0 Å². The van der Waals surface area contributed by atoms with Crippen molar-refractivity contribution in [1.29, 1.82) is 0 Å². The molecule has 0 bridgehead atoms. The number of thiophene rings is 1. The molecule has 2 heterocycles. The molecule has 1 unspecified atom stereocenters. The molecule has 0 aliphatic carbocycles. The number of rotatable bonds is 5. The van der Waals surface area contributed by atoms with Crippen LogP contribution >= 0.6 is 23.1 Å². The maximum Gasteiger partial charge on any atom is 0.232 e. The Morgan fingerprint density at radius 3 is 2.95 bits per heavy atom. The summed E-state index contributed by atoms with van der Waals surface area (Å²) in [5.41, 5.74) is 2.20. The van der Waals surface area contributed by atoms with Gasteiger partial charge in [0, 0.05) is 23.7 Å². The lowest BCUT2D eigenvalue weighted by atomic mass is 10.1. The number of carbonyl (C=O) groups is 1. The average Bonchev–Trinajstić information content (AvgIpc) is 3.03. The molecule has 0 spiro atoms. The van der Waals surface area contributed by atoms with E-state index in [0.717, 1.165) is 25.1 Å². The molecule has 0 saturated heterocycles. The van der Waals surface area contributed by atoms with Crippen molar-refractivity contribution in [1.82, 2.24) is 4.90 Å². The zero-order chi connectivity index (χ0) is 15.4. The highest BCUT2D eigenvalue weighted by atomic mass is 32.2. The van der Waals surface area contributed by atoms with E-state index in [9.17, 15) is 9.90 Å². The third kappa shape index (κ3) is 3.72. The number of aliphatic hydroxyl groups excluding tert-OH is 1. The number of carbonyl (C=O) groups excluding carboxylic acids is 1. The van der Waals surface area contributed by atoms with E-state index in [-0.39, 0.29) is 5.91 Å². The highest BCUT2D eigenvalue weighted by Crippen LogP contribution is 2.25. The summed E-state index contributed by atoms with van der Waals surface area (Å²) in [7, 11) is 0. The van der Waals surface area contributed by atoms with Crippen LogP contribution in [0.5, 0.6) is 0 Å². The Labute approximate surface area is 139 Å². The normalized spacial score (nSPS) is 15.4. The van der Waals surface area contributed by atoms with Gasteiger partial charge in [-0.2, -0.15) is 0 Å². The van der Waals surface area contributed by atoms with Gasteiger partial charge in [-0.15, -0.1) is 23.1 Å². The van der Waals surface area contributed by atoms with Crippen molar-refractivity contribution in [3.05, 3.63) is 57.8 Å². The van der Waals surface area contributed by atoms with Crippen molar-refractivity contribution >= 4 is 29.0 Å². The SMILES string of the molecule is O=C(CSCC(O)c1ccccc1)N1CCc2sccc2C1. The van der Waals surface area contributed by atoms with E-state index >= 15 is 0 Å². The van der Waals surface area contributed by atoms with Crippen molar-refractivity contribution < 1.29 is 9.90 Å². The van der Waals surface area contributed by atoms with E-state index in [4.69, 9.17) is 0 Å². The maximum atomic E-state index is 12.3. The van der Waals surface area contributed by atoms with Gasteiger partial charge in [0.05, 0.1) is 11.9 Å². The zero-order valence-corrected chi connectivity index (χ0v) is 13.9. The van der Waals surface area contributed by atoms with E-state index < -0.39 is 6.10 Å².